The zero-order valence-corrected chi connectivity index (χ0v) is 20.1. The van der Waals surface area contributed by atoms with Gasteiger partial charge >= 0.3 is 11.9 Å². The Morgan fingerprint density at radius 3 is 2.63 bits per heavy atom. The first-order valence-corrected chi connectivity index (χ1v) is 11.6. The van der Waals surface area contributed by atoms with Gasteiger partial charge in [-0.2, -0.15) is 0 Å². The first kappa shape index (κ1) is 24.0. The average Bonchev–Trinajstić information content (AvgIpc) is 3.16. The lowest BCUT2D eigenvalue weighted by Gasteiger charge is -2.24. The molecule has 0 aliphatic carbocycles. The van der Waals surface area contributed by atoms with Crippen molar-refractivity contribution >= 4 is 35.2 Å². The maximum absolute atomic E-state index is 13.5. The number of nitrogens with zero attached hydrogens (tertiary/aromatic N) is 2. The zero-order chi connectivity index (χ0) is 25.1. The standard InChI is InChI=1S/C25H23N3O6S/c1-4-34-24(32)20-14(2)27-25-28(21(20)15-8-10-18(33-3)11-9-15)22(29)19(35-25)13-26-17-7-5-6-16(12-17)23(30)31/h5-13,21,26H,4H2,1-3H3,(H,30,31)/b19-13-/t21-/m1/s1. The van der Waals surface area contributed by atoms with Gasteiger partial charge in [-0.25, -0.2) is 14.6 Å². The maximum atomic E-state index is 13.5. The van der Waals surface area contributed by atoms with E-state index in [1.807, 2.05) is 0 Å². The number of thiazole rings is 1. The Labute approximate surface area is 204 Å². The molecule has 0 unspecified atom stereocenters. The average molecular weight is 494 g/mol. The van der Waals surface area contributed by atoms with Crippen molar-refractivity contribution in [1.29, 1.82) is 0 Å². The van der Waals surface area contributed by atoms with Crippen molar-refractivity contribution in [1.82, 2.24) is 4.57 Å². The molecule has 0 bridgehead atoms. The van der Waals surface area contributed by atoms with E-state index in [9.17, 15) is 19.5 Å². The van der Waals surface area contributed by atoms with Crippen LogP contribution in [0.2, 0.25) is 0 Å². The lowest BCUT2D eigenvalue weighted by Crippen LogP contribution is -2.40. The molecule has 1 aliphatic heterocycles. The number of ether oxygens (including phenoxy) is 2. The first-order valence-electron chi connectivity index (χ1n) is 10.8. The summed E-state index contributed by atoms with van der Waals surface area (Å²) < 4.78 is 12.4. The molecular weight excluding hydrogens is 470 g/mol. The molecular formula is C25H23N3O6S. The maximum Gasteiger partial charge on any atom is 0.338 e. The largest absolute Gasteiger partial charge is 0.497 e. The Morgan fingerprint density at radius 2 is 1.97 bits per heavy atom. The molecule has 1 atom stereocenters. The minimum atomic E-state index is -1.05. The zero-order valence-electron chi connectivity index (χ0n) is 19.3. The summed E-state index contributed by atoms with van der Waals surface area (Å²) in [5, 5.41) is 12.2. The normalized spacial score (nSPS) is 15.3. The van der Waals surface area contributed by atoms with Gasteiger partial charge in [0.25, 0.3) is 5.56 Å². The predicted molar refractivity (Wildman–Crippen MR) is 131 cm³/mol. The summed E-state index contributed by atoms with van der Waals surface area (Å²) >= 11 is 1.17. The molecule has 1 aromatic heterocycles. The third kappa shape index (κ3) is 4.73. The number of nitrogens with one attached hydrogen (secondary N) is 1. The summed E-state index contributed by atoms with van der Waals surface area (Å²) in [5.74, 6) is -0.936. The number of benzene rings is 2. The minimum absolute atomic E-state index is 0.124. The van der Waals surface area contributed by atoms with Gasteiger partial charge in [0, 0.05) is 11.9 Å². The summed E-state index contributed by atoms with van der Waals surface area (Å²) in [6.45, 7) is 3.63. The van der Waals surface area contributed by atoms with Crippen molar-refractivity contribution in [3.05, 3.63) is 90.6 Å². The number of anilines is 1. The van der Waals surface area contributed by atoms with E-state index in [2.05, 4.69) is 10.3 Å². The molecule has 0 spiro atoms. The fraction of sp³-hybridized carbons (Fsp3) is 0.200. The number of carboxylic acids is 1. The molecule has 0 amide bonds. The van der Waals surface area contributed by atoms with Crippen LogP contribution in [0.4, 0.5) is 5.69 Å². The number of carboxylic acid groups (broad SMARTS) is 1. The highest BCUT2D eigenvalue weighted by Crippen LogP contribution is 2.31. The molecule has 1 aliphatic rings. The summed E-state index contributed by atoms with van der Waals surface area (Å²) in [7, 11) is 1.56. The van der Waals surface area contributed by atoms with Crippen molar-refractivity contribution in [2.75, 3.05) is 19.0 Å². The van der Waals surface area contributed by atoms with Crippen molar-refractivity contribution in [3.63, 3.8) is 0 Å². The lowest BCUT2D eigenvalue weighted by atomic mass is 9.96. The molecule has 180 valence electrons. The second kappa shape index (κ2) is 9.98. The Balaban J connectivity index is 1.83. The van der Waals surface area contributed by atoms with Crippen LogP contribution < -0.4 is 24.9 Å². The van der Waals surface area contributed by atoms with Crippen LogP contribution in [-0.2, 0) is 9.53 Å². The smallest absolute Gasteiger partial charge is 0.338 e. The molecule has 4 rings (SSSR count). The molecule has 3 aromatic rings. The number of fused-ring (bicyclic) bond motifs is 1. The monoisotopic (exact) mass is 493 g/mol. The van der Waals surface area contributed by atoms with Gasteiger partial charge in [0.15, 0.2) is 4.80 Å². The van der Waals surface area contributed by atoms with E-state index in [1.165, 1.54) is 34.2 Å². The van der Waals surface area contributed by atoms with Gasteiger partial charge in [0.2, 0.25) is 0 Å². The van der Waals surface area contributed by atoms with Crippen LogP contribution >= 0.6 is 11.3 Å². The molecule has 0 fully saturated rings. The summed E-state index contributed by atoms with van der Waals surface area (Å²) in [6.07, 6.45) is 1.51. The van der Waals surface area contributed by atoms with Crippen LogP contribution in [0.5, 0.6) is 5.75 Å². The Kier molecular flexibility index (Phi) is 6.83. The molecule has 0 radical (unpaired) electrons. The van der Waals surface area contributed by atoms with E-state index in [4.69, 9.17) is 9.47 Å². The van der Waals surface area contributed by atoms with Crippen LogP contribution in [0.25, 0.3) is 6.20 Å². The molecule has 2 N–H and O–H groups in total. The molecule has 35 heavy (non-hydrogen) atoms. The first-order chi connectivity index (χ1) is 16.8. The SMILES string of the molecule is CCOC(=O)C1=C(C)N=c2s/c(=C\Nc3cccc(C(=O)O)c3)c(=O)n2[C@@H]1c1ccc(OC)cc1. The summed E-state index contributed by atoms with van der Waals surface area (Å²) in [4.78, 5) is 42.6. The quantitative estimate of drug-likeness (QED) is 0.486. The van der Waals surface area contributed by atoms with Gasteiger partial charge in [-0.05, 0) is 49.7 Å². The highest BCUT2D eigenvalue weighted by molar-refractivity contribution is 7.07. The van der Waals surface area contributed by atoms with E-state index < -0.39 is 18.0 Å². The third-order valence-corrected chi connectivity index (χ3v) is 6.41. The molecule has 0 saturated carbocycles. The fourth-order valence-electron chi connectivity index (χ4n) is 3.78. The van der Waals surface area contributed by atoms with E-state index >= 15 is 0 Å². The number of hydrogen-bond donors (Lipinski definition) is 2. The Hall–Kier alpha value is -4.18. The van der Waals surface area contributed by atoms with Crippen LogP contribution in [0.1, 0.15) is 35.8 Å². The number of carbonyl (C=O) groups is 2. The van der Waals surface area contributed by atoms with Crippen molar-refractivity contribution < 1.29 is 24.2 Å². The Bertz CT molecular complexity index is 1500. The number of aromatic carboxylic acids is 1. The number of allylic oxidation sites excluding steroid dienone is 1. The number of rotatable bonds is 7. The highest BCUT2D eigenvalue weighted by Gasteiger charge is 2.33. The summed E-state index contributed by atoms with van der Waals surface area (Å²) in [5.41, 5.74) is 1.77. The number of esters is 1. The van der Waals surface area contributed by atoms with Gasteiger partial charge in [0.1, 0.15) is 10.3 Å². The van der Waals surface area contributed by atoms with E-state index in [1.54, 1.807) is 57.4 Å². The van der Waals surface area contributed by atoms with Crippen LogP contribution in [-0.4, -0.2) is 35.3 Å². The van der Waals surface area contributed by atoms with Gasteiger partial charge in [-0.15, -0.1) is 0 Å². The number of carbonyl (C=O) groups excluding carboxylic acids is 1. The van der Waals surface area contributed by atoms with Crippen molar-refractivity contribution in [2.45, 2.75) is 19.9 Å². The molecule has 0 saturated heterocycles. The molecule has 2 aromatic carbocycles. The lowest BCUT2D eigenvalue weighted by molar-refractivity contribution is -0.139. The molecule has 9 nitrogen and oxygen atoms in total. The minimum Gasteiger partial charge on any atom is -0.497 e. The second-order valence-corrected chi connectivity index (χ2v) is 8.61. The Morgan fingerprint density at radius 1 is 1.23 bits per heavy atom. The molecule has 10 heteroatoms. The van der Waals surface area contributed by atoms with Crippen LogP contribution in [0, 0.1) is 0 Å². The predicted octanol–water partition coefficient (Wildman–Crippen LogP) is 2.53. The van der Waals surface area contributed by atoms with E-state index in [0.717, 1.165) is 0 Å². The topological polar surface area (TPSA) is 119 Å². The number of aromatic nitrogens is 1. The van der Waals surface area contributed by atoms with E-state index in [0.29, 0.717) is 32.0 Å². The van der Waals surface area contributed by atoms with Gasteiger partial charge in [-0.3, -0.25) is 9.36 Å². The van der Waals surface area contributed by atoms with Crippen molar-refractivity contribution in [3.8, 4) is 5.75 Å². The number of methoxy groups -OCH3 is 1. The fourth-order valence-corrected chi connectivity index (χ4v) is 4.75. The third-order valence-electron chi connectivity index (χ3n) is 5.43. The summed E-state index contributed by atoms with van der Waals surface area (Å²) in [6, 6.07) is 12.7. The van der Waals surface area contributed by atoms with Gasteiger partial charge in [0.05, 0.1) is 36.6 Å². The molecule has 2 heterocycles. The highest BCUT2D eigenvalue weighted by atomic mass is 32.1. The van der Waals surface area contributed by atoms with Crippen molar-refractivity contribution in [2.24, 2.45) is 4.99 Å². The second-order valence-electron chi connectivity index (χ2n) is 7.61. The van der Waals surface area contributed by atoms with Gasteiger partial charge in [-0.1, -0.05) is 29.5 Å². The number of hydrogen-bond acceptors (Lipinski definition) is 8. The van der Waals surface area contributed by atoms with E-state index in [-0.39, 0.29) is 23.3 Å². The van der Waals surface area contributed by atoms with Crippen LogP contribution in [0.3, 0.4) is 0 Å². The van der Waals surface area contributed by atoms with Gasteiger partial charge < -0.3 is 19.9 Å². The van der Waals surface area contributed by atoms with Crippen LogP contribution in [0.15, 0.2) is 69.6 Å².